The lowest BCUT2D eigenvalue weighted by Gasteiger charge is -2.41. The zero-order valence-corrected chi connectivity index (χ0v) is 24.5. The molecular weight excluding hydrogens is 524 g/mol. The predicted octanol–water partition coefficient (Wildman–Crippen LogP) is 3.93. The molecular formula is C29H38N8O2S. The Hall–Kier alpha value is -3.28. The second-order valence-electron chi connectivity index (χ2n) is 11.2. The third-order valence-corrected chi connectivity index (χ3v) is 9.64. The van der Waals surface area contributed by atoms with Crippen LogP contribution in [0, 0.1) is 11.8 Å². The number of piperidine rings is 1. The summed E-state index contributed by atoms with van der Waals surface area (Å²) >= 11 is 1.69. The Labute approximate surface area is 238 Å². The number of rotatable bonds is 8. The summed E-state index contributed by atoms with van der Waals surface area (Å²) in [7, 11) is 7.89. The van der Waals surface area contributed by atoms with Crippen LogP contribution in [0.4, 0.5) is 11.5 Å². The van der Waals surface area contributed by atoms with Gasteiger partial charge in [0, 0.05) is 23.5 Å². The minimum Gasteiger partial charge on any atom is -0.493 e. The lowest BCUT2D eigenvalue weighted by atomic mass is 9.85. The van der Waals surface area contributed by atoms with Gasteiger partial charge in [0.1, 0.15) is 17.0 Å². The first-order valence-corrected chi connectivity index (χ1v) is 14.9. The normalized spacial score (nSPS) is 21.2. The number of pyridine rings is 1. The number of anilines is 2. The van der Waals surface area contributed by atoms with Gasteiger partial charge in [0.2, 0.25) is 5.91 Å². The van der Waals surface area contributed by atoms with Crippen LogP contribution in [0.3, 0.4) is 0 Å². The molecule has 40 heavy (non-hydrogen) atoms. The van der Waals surface area contributed by atoms with Crippen LogP contribution in [-0.2, 0) is 17.6 Å². The van der Waals surface area contributed by atoms with Crippen LogP contribution in [0.5, 0.6) is 5.75 Å². The fourth-order valence-corrected chi connectivity index (χ4v) is 7.53. The minimum atomic E-state index is 0.00322. The molecule has 3 atom stereocenters. The van der Waals surface area contributed by atoms with Gasteiger partial charge in [-0.3, -0.25) is 4.79 Å². The Morgan fingerprint density at radius 1 is 1.27 bits per heavy atom. The molecule has 0 bridgehead atoms. The Morgan fingerprint density at radius 3 is 2.95 bits per heavy atom. The molecule has 2 unspecified atom stereocenters. The second kappa shape index (κ2) is 11.3. The molecule has 0 spiro atoms. The highest BCUT2D eigenvalue weighted by atomic mass is 32.1. The number of hydrogen-bond donors (Lipinski definition) is 2. The fraction of sp³-hybridized carbons (Fsp3) is 0.517. The number of aryl methyl sites for hydroxylation is 1. The van der Waals surface area contributed by atoms with Crippen molar-refractivity contribution in [1.29, 1.82) is 0 Å². The van der Waals surface area contributed by atoms with Crippen molar-refractivity contribution in [2.24, 2.45) is 11.8 Å². The van der Waals surface area contributed by atoms with Gasteiger partial charge in [0.15, 0.2) is 5.75 Å². The van der Waals surface area contributed by atoms with E-state index in [4.69, 9.17) is 4.74 Å². The van der Waals surface area contributed by atoms with Gasteiger partial charge < -0.3 is 25.2 Å². The molecule has 1 saturated heterocycles. The number of hydrogen-bond acceptors (Lipinski definition) is 9. The summed E-state index contributed by atoms with van der Waals surface area (Å²) in [4.78, 5) is 29.6. The van der Waals surface area contributed by atoms with Gasteiger partial charge in [0.05, 0.1) is 36.1 Å². The highest BCUT2D eigenvalue weighted by molar-refractivity contribution is 7.19. The molecule has 2 aliphatic rings. The first kappa shape index (κ1) is 26.9. The highest BCUT2D eigenvalue weighted by Crippen LogP contribution is 2.42. The maximum absolute atomic E-state index is 13.8. The van der Waals surface area contributed by atoms with Gasteiger partial charge in [-0.25, -0.2) is 14.5 Å². The Bertz CT molecular complexity index is 1510. The molecule has 11 heteroatoms. The minimum absolute atomic E-state index is 0.00322. The number of ether oxygens (including phenoxy) is 1. The first-order valence-electron chi connectivity index (χ1n) is 14.1. The third kappa shape index (κ3) is 5.13. The van der Waals surface area contributed by atoms with Crippen molar-refractivity contribution in [2.45, 2.75) is 44.7 Å². The molecule has 0 saturated carbocycles. The average molecular weight is 563 g/mol. The van der Waals surface area contributed by atoms with Gasteiger partial charge in [0.25, 0.3) is 0 Å². The van der Waals surface area contributed by atoms with Gasteiger partial charge in [-0.15, -0.1) is 11.3 Å². The van der Waals surface area contributed by atoms with Crippen molar-refractivity contribution in [3.05, 3.63) is 41.3 Å². The summed E-state index contributed by atoms with van der Waals surface area (Å²) in [6.45, 7) is 1.93. The van der Waals surface area contributed by atoms with Gasteiger partial charge >= 0.3 is 0 Å². The maximum atomic E-state index is 13.8. The van der Waals surface area contributed by atoms with E-state index in [1.807, 2.05) is 25.4 Å². The number of aromatic nitrogens is 4. The number of amides is 1. The number of carbonyl (C=O) groups excluding carboxylic acids is 1. The monoisotopic (exact) mass is 562 g/mol. The molecule has 4 aromatic heterocycles. The maximum Gasteiger partial charge on any atom is 0.227 e. The van der Waals surface area contributed by atoms with Crippen molar-refractivity contribution in [3.8, 4) is 5.75 Å². The summed E-state index contributed by atoms with van der Waals surface area (Å²) in [5.74, 6) is 2.40. The largest absolute Gasteiger partial charge is 0.493 e. The third-order valence-electron chi connectivity index (χ3n) is 8.48. The van der Waals surface area contributed by atoms with Crippen molar-refractivity contribution >= 4 is 44.5 Å². The SMILES string of the molecule is CNC1CC(CCN(C)C)CCN1C(=O)[C@H]1CCc2c(sc3ncnc(Nc4cc5ccnn5cc4OC)c23)C1. The molecule has 4 aromatic rings. The number of nitrogens with one attached hydrogen (secondary N) is 2. The molecule has 0 radical (unpaired) electrons. The average Bonchev–Trinajstić information content (AvgIpc) is 3.58. The molecule has 10 nitrogen and oxygen atoms in total. The van der Waals surface area contributed by atoms with E-state index in [2.05, 4.69) is 49.6 Å². The molecule has 2 N–H and O–H groups in total. The predicted molar refractivity (Wildman–Crippen MR) is 158 cm³/mol. The van der Waals surface area contributed by atoms with E-state index in [9.17, 15) is 4.79 Å². The Morgan fingerprint density at radius 2 is 2.15 bits per heavy atom. The first-order chi connectivity index (χ1) is 19.4. The van der Waals surface area contributed by atoms with E-state index in [1.165, 1.54) is 16.9 Å². The van der Waals surface area contributed by atoms with Crippen LogP contribution in [0.2, 0.25) is 0 Å². The van der Waals surface area contributed by atoms with Gasteiger partial charge in [-0.1, -0.05) is 0 Å². The van der Waals surface area contributed by atoms with Crippen LogP contribution in [0.15, 0.2) is 30.9 Å². The van der Waals surface area contributed by atoms with E-state index < -0.39 is 0 Å². The summed E-state index contributed by atoms with van der Waals surface area (Å²) in [6, 6.07) is 3.96. The van der Waals surface area contributed by atoms with E-state index in [1.54, 1.807) is 35.5 Å². The van der Waals surface area contributed by atoms with E-state index in [-0.39, 0.29) is 18.0 Å². The van der Waals surface area contributed by atoms with Gasteiger partial charge in [-0.2, -0.15) is 5.10 Å². The highest BCUT2D eigenvalue weighted by Gasteiger charge is 2.36. The summed E-state index contributed by atoms with van der Waals surface area (Å²) in [5, 5.41) is 12.3. The van der Waals surface area contributed by atoms with Crippen molar-refractivity contribution in [1.82, 2.24) is 34.7 Å². The molecule has 212 valence electrons. The molecule has 0 aromatic carbocycles. The Kier molecular flexibility index (Phi) is 7.61. The standard InChI is InChI=1S/C29H38N8O2S/c1-30-25-13-18(8-11-35(2)3)9-12-36(25)29(38)19-5-6-21-24(14-19)40-28-26(21)27(31-17-32-28)34-22-15-20-7-10-33-37(20)16-23(22)39-4/h7,10,15-19,25,30H,5-6,8-9,11-14H2,1-4H3,(H,31,32,34)/t18?,19-,25?/m0/s1. The molecule has 5 heterocycles. The molecule has 1 aliphatic carbocycles. The topological polar surface area (TPSA) is 99.9 Å². The quantitative estimate of drug-likeness (QED) is 0.333. The zero-order chi connectivity index (χ0) is 27.8. The van der Waals surface area contributed by atoms with Crippen LogP contribution in [0.1, 0.15) is 36.1 Å². The fourth-order valence-electron chi connectivity index (χ4n) is 6.26. The van der Waals surface area contributed by atoms with Crippen LogP contribution in [-0.4, -0.2) is 82.8 Å². The summed E-state index contributed by atoms with van der Waals surface area (Å²) in [6.07, 6.45) is 11.1. The number of thiophene rings is 1. The second-order valence-corrected chi connectivity index (χ2v) is 12.3. The summed E-state index contributed by atoms with van der Waals surface area (Å²) < 4.78 is 7.42. The molecule has 1 aliphatic heterocycles. The van der Waals surface area contributed by atoms with E-state index in [0.29, 0.717) is 11.7 Å². The Balaban J connectivity index is 1.21. The molecule has 1 amide bonds. The molecule has 1 fully saturated rings. The van der Waals surface area contributed by atoms with Crippen molar-refractivity contribution in [2.75, 3.05) is 46.7 Å². The smallest absolute Gasteiger partial charge is 0.227 e. The number of carbonyl (C=O) groups is 1. The lowest BCUT2D eigenvalue weighted by molar-refractivity contribution is -0.141. The van der Waals surface area contributed by atoms with Crippen LogP contribution < -0.4 is 15.4 Å². The van der Waals surface area contributed by atoms with E-state index in [0.717, 1.165) is 72.4 Å². The van der Waals surface area contributed by atoms with Crippen LogP contribution in [0.25, 0.3) is 15.7 Å². The van der Waals surface area contributed by atoms with E-state index >= 15 is 0 Å². The number of methoxy groups -OCH3 is 1. The number of likely N-dealkylation sites (tertiary alicyclic amines) is 1. The van der Waals surface area contributed by atoms with Crippen molar-refractivity contribution < 1.29 is 9.53 Å². The number of fused-ring (bicyclic) bond motifs is 4. The number of nitrogens with zero attached hydrogens (tertiary/aromatic N) is 6. The molecule has 6 rings (SSSR count). The summed E-state index contributed by atoms with van der Waals surface area (Å²) in [5.41, 5.74) is 3.06. The van der Waals surface area contributed by atoms with Crippen molar-refractivity contribution in [3.63, 3.8) is 0 Å². The van der Waals surface area contributed by atoms with Crippen LogP contribution >= 0.6 is 11.3 Å². The zero-order valence-electron chi connectivity index (χ0n) is 23.7. The van der Waals surface area contributed by atoms with Gasteiger partial charge in [-0.05, 0) is 89.8 Å². The lowest BCUT2D eigenvalue weighted by Crippen LogP contribution is -2.54.